The summed E-state index contributed by atoms with van der Waals surface area (Å²) in [6.45, 7) is 3.10. The van der Waals surface area contributed by atoms with Gasteiger partial charge in [-0.1, -0.05) is 0 Å². The summed E-state index contributed by atoms with van der Waals surface area (Å²) in [7, 11) is 0. The van der Waals surface area contributed by atoms with Crippen molar-refractivity contribution in [2.45, 2.75) is 64.0 Å². The third-order valence-corrected chi connectivity index (χ3v) is 5.45. The van der Waals surface area contributed by atoms with Gasteiger partial charge in [0.25, 0.3) is 5.91 Å². The van der Waals surface area contributed by atoms with Crippen molar-refractivity contribution in [2.75, 3.05) is 13.1 Å². The van der Waals surface area contributed by atoms with Crippen molar-refractivity contribution >= 4 is 11.8 Å². The van der Waals surface area contributed by atoms with Crippen LogP contribution in [0.4, 0.5) is 0 Å². The summed E-state index contributed by atoms with van der Waals surface area (Å²) >= 11 is 0. The minimum absolute atomic E-state index is 0.0474. The lowest BCUT2D eigenvalue weighted by molar-refractivity contribution is -0.130. The van der Waals surface area contributed by atoms with E-state index in [2.05, 4.69) is 10.2 Å². The highest BCUT2D eigenvalue weighted by Gasteiger charge is 2.38. The summed E-state index contributed by atoms with van der Waals surface area (Å²) in [6.07, 6.45) is 7.26. The number of amides is 2. The third-order valence-electron chi connectivity index (χ3n) is 5.45. The Morgan fingerprint density at radius 1 is 1.26 bits per heavy atom. The standard InChI is InChI=1S/C17H24N4O2/c1-11(22)21(12-7-8-12)10-13-4-3-9-20(13)17(23)16-14-5-2-6-15(14)18-19-16/h12-13H,2-10H2,1H3,(H,18,19)/t13-/m0/s1. The first-order chi connectivity index (χ1) is 11.1. The Kier molecular flexibility index (Phi) is 3.62. The van der Waals surface area contributed by atoms with E-state index >= 15 is 0 Å². The molecule has 3 aliphatic rings. The van der Waals surface area contributed by atoms with Gasteiger partial charge in [0.1, 0.15) is 0 Å². The molecule has 6 heteroatoms. The van der Waals surface area contributed by atoms with E-state index in [0.29, 0.717) is 18.3 Å². The van der Waals surface area contributed by atoms with Gasteiger partial charge in [0.05, 0.1) is 0 Å². The lowest BCUT2D eigenvalue weighted by Crippen LogP contribution is -2.45. The molecule has 2 aliphatic carbocycles. The highest BCUT2D eigenvalue weighted by atomic mass is 16.2. The smallest absolute Gasteiger partial charge is 0.274 e. The van der Waals surface area contributed by atoms with Crippen LogP contribution in [0.15, 0.2) is 0 Å². The Hall–Kier alpha value is -1.85. The summed E-state index contributed by atoms with van der Waals surface area (Å²) < 4.78 is 0. The molecule has 1 aromatic rings. The molecule has 23 heavy (non-hydrogen) atoms. The van der Waals surface area contributed by atoms with Gasteiger partial charge in [-0.3, -0.25) is 14.7 Å². The Bertz CT molecular complexity index is 635. The van der Waals surface area contributed by atoms with Crippen molar-refractivity contribution in [3.8, 4) is 0 Å². The summed E-state index contributed by atoms with van der Waals surface area (Å²) in [4.78, 5) is 28.7. The van der Waals surface area contributed by atoms with Gasteiger partial charge in [0.15, 0.2) is 5.69 Å². The van der Waals surface area contributed by atoms with E-state index < -0.39 is 0 Å². The SMILES string of the molecule is CC(=O)N(C[C@@H]1CCCN1C(=O)c1n[nH]c2c1CCC2)C1CC1. The van der Waals surface area contributed by atoms with Gasteiger partial charge in [0, 0.05) is 43.4 Å². The molecule has 1 saturated carbocycles. The summed E-state index contributed by atoms with van der Waals surface area (Å²) in [6, 6.07) is 0.542. The van der Waals surface area contributed by atoms with Gasteiger partial charge in [-0.2, -0.15) is 5.10 Å². The van der Waals surface area contributed by atoms with Crippen LogP contribution in [-0.2, 0) is 17.6 Å². The van der Waals surface area contributed by atoms with Crippen LogP contribution in [0.5, 0.6) is 0 Å². The number of hydrogen-bond acceptors (Lipinski definition) is 3. The lowest BCUT2D eigenvalue weighted by atomic mass is 10.1. The van der Waals surface area contributed by atoms with Gasteiger partial charge < -0.3 is 9.80 Å². The molecule has 1 aromatic heterocycles. The summed E-state index contributed by atoms with van der Waals surface area (Å²) in [5.41, 5.74) is 2.86. The van der Waals surface area contributed by atoms with Crippen LogP contribution in [0.3, 0.4) is 0 Å². The van der Waals surface area contributed by atoms with E-state index in [-0.39, 0.29) is 17.9 Å². The van der Waals surface area contributed by atoms with E-state index in [0.717, 1.165) is 62.7 Å². The average Bonchev–Trinajstić information content (AvgIpc) is 2.95. The number of aryl methyl sites for hydroxylation is 1. The molecule has 124 valence electrons. The molecule has 0 radical (unpaired) electrons. The maximum Gasteiger partial charge on any atom is 0.274 e. The molecule has 0 bridgehead atoms. The van der Waals surface area contributed by atoms with E-state index in [9.17, 15) is 9.59 Å². The van der Waals surface area contributed by atoms with Crippen LogP contribution < -0.4 is 0 Å². The zero-order valence-electron chi connectivity index (χ0n) is 13.7. The highest BCUT2D eigenvalue weighted by Crippen LogP contribution is 2.30. The van der Waals surface area contributed by atoms with Crippen LogP contribution in [0.2, 0.25) is 0 Å². The Morgan fingerprint density at radius 3 is 2.83 bits per heavy atom. The molecule has 0 aromatic carbocycles. The number of fused-ring (bicyclic) bond motifs is 1. The third kappa shape index (κ3) is 2.64. The molecular weight excluding hydrogens is 292 g/mol. The molecule has 1 N–H and O–H groups in total. The number of nitrogens with one attached hydrogen (secondary N) is 1. The number of aromatic amines is 1. The van der Waals surface area contributed by atoms with E-state index in [1.165, 1.54) is 0 Å². The van der Waals surface area contributed by atoms with Gasteiger partial charge in [-0.15, -0.1) is 0 Å². The molecule has 2 fully saturated rings. The number of carbonyl (C=O) groups excluding carboxylic acids is 2. The van der Waals surface area contributed by atoms with Crippen LogP contribution in [0.1, 0.15) is 60.8 Å². The molecule has 1 aliphatic heterocycles. The van der Waals surface area contributed by atoms with Gasteiger partial charge >= 0.3 is 0 Å². The first-order valence-electron chi connectivity index (χ1n) is 8.79. The quantitative estimate of drug-likeness (QED) is 0.915. The van der Waals surface area contributed by atoms with Gasteiger partial charge in [-0.05, 0) is 44.9 Å². The second-order valence-corrected chi connectivity index (χ2v) is 7.08. The fraction of sp³-hybridized carbons (Fsp3) is 0.706. The fourth-order valence-electron chi connectivity index (χ4n) is 4.07. The normalized spacial score (nSPS) is 23.2. The first kappa shape index (κ1) is 14.7. The maximum absolute atomic E-state index is 13.0. The molecule has 2 heterocycles. The Morgan fingerprint density at radius 2 is 2.09 bits per heavy atom. The number of hydrogen-bond donors (Lipinski definition) is 1. The topological polar surface area (TPSA) is 69.3 Å². The minimum atomic E-state index is 0.0474. The molecule has 2 amide bonds. The van der Waals surface area contributed by atoms with Crippen LogP contribution in [-0.4, -0.2) is 57.0 Å². The Labute approximate surface area is 136 Å². The second-order valence-electron chi connectivity index (χ2n) is 7.08. The Balaban J connectivity index is 1.50. The maximum atomic E-state index is 13.0. The molecule has 0 spiro atoms. The molecule has 1 saturated heterocycles. The number of carbonyl (C=O) groups is 2. The van der Waals surface area contributed by atoms with Crippen LogP contribution in [0, 0.1) is 0 Å². The van der Waals surface area contributed by atoms with Gasteiger partial charge in [-0.25, -0.2) is 0 Å². The van der Waals surface area contributed by atoms with E-state index in [4.69, 9.17) is 0 Å². The summed E-state index contributed by atoms with van der Waals surface area (Å²) in [5, 5.41) is 7.31. The van der Waals surface area contributed by atoms with Crippen LogP contribution >= 0.6 is 0 Å². The minimum Gasteiger partial charge on any atom is -0.338 e. The number of rotatable bonds is 4. The van der Waals surface area contributed by atoms with Crippen molar-refractivity contribution in [3.05, 3.63) is 17.0 Å². The van der Waals surface area contributed by atoms with Crippen molar-refractivity contribution in [1.29, 1.82) is 0 Å². The zero-order valence-corrected chi connectivity index (χ0v) is 13.7. The molecular formula is C17H24N4O2. The van der Waals surface area contributed by atoms with E-state index in [1.54, 1.807) is 6.92 Å². The number of H-pyrrole nitrogens is 1. The monoisotopic (exact) mass is 316 g/mol. The molecule has 6 nitrogen and oxygen atoms in total. The van der Waals surface area contributed by atoms with Gasteiger partial charge in [0.2, 0.25) is 5.91 Å². The molecule has 0 unspecified atom stereocenters. The molecule has 4 rings (SSSR count). The van der Waals surface area contributed by atoms with Crippen molar-refractivity contribution < 1.29 is 9.59 Å². The predicted molar refractivity (Wildman–Crippen MR) is 85.1 cm³/mol. The van der Waals surface area contributed by atoms with E-state index in [1.807, 2.05) is 9.80 Å². The van der Waals surface area contributed by atoms with Crippen molar-refractivity contribution in [2.24, 2.45) is 0 Å². The average molecular weight is 316 g/mol. The number of nitrogens with zero attached hydrogens (tertiary/aromatic N) is 3. The second kappa shape index (κ2) is 5.65. The summed E-state index contributed by atoms with van der Waals surface area (Å²) in [5.74, 6) is 0.179. The fourth-order valence-corrected chi connectivity index (χ4v) is 4.07. The highest BCUT2D eigenvalue weighted by molar-refractivity contribution is 5.94. The van der Waals surface area contributed by atoms with Crippen LogP contribution in [0.25, 0.3) is 0 Å². The zero-order chi connectivity index (χ0) is 16.0. The first-order valence-corrected chi connectivity index (χ1v) is 8.79. The number of likely N-dealkylation sites (tertiary alicyclic amines) is 1. The largest absolute Gasteiger partial charge is 0.338 e. The van der Waals surface area contributed by atoms with Crippen molar-refractivity contribution in [3.63, 3.8) is 0 Å². The lowest BCUT2D eigenvalue weighted by Gasteiger charge is -2.30. The molecule has 1 atom stereocenters. The predicted octanol–water partition coefficient (Wildman–Crippen LogP) is 1.51. The number of aromatic nitrogens is 2. The van der Waals surface area contributed by atoms with Crippen molar-refractivity contribution in [1.82, 2.24) is 20.0 Å².